The molecule has 0 unspecified atom stereocenters. The normalized spacial score (nSPS) is 11.4. The number of rotatable bonds is 3. The van der Waals surface area contributed by atoms with Gasteiger partial charge in [-0.3, -0.25) is 4.79 Å². The van der Waals surface area contributed by atoms with E-state index in [1.165, 1.54) is 29.1 Å². The maximum Gasteiger partial charge on any atom is 0.506 e. The van der Waals surface area contributed by atoms with Crippen molar-refractivity contribution in [2.45, 2.75) is 6.54 Å². The SMILES string of the molecule is C=C(Cn1ccc(=O)cc1)[B-](F)(F)F. The molecular formula is C8H8BF3NO-. The van der Waals surface area contributed by atoms with Crippen LogP contribution in [0.3, 0.4) is 0 Å². The van der Waals surface area contributed by atoms with Crippen LogP contribution in [-0.4, -0.2) is 11.5 Å². The fourth-order valence-corrected chi connectivity index (χ4v) is 0.887. The zero-order chi connectivity index (χ0) is 10.8. The minimum Gasteiger partial charge on any atom is -0.445 e. The summed E-state index contributed by atoms with van der Waals surface area (Å²) in [6.45, 7) is -2.38. The van der Waals surface area contributed by atoms with Crippen LogP contribution < -0.4 is 5.43 Å². The molecule has 0 spiro atoms. The average molecular weight is 202 g/mol. The molecule has 1 aromatic heterocycles. The van der Waals surface area contributed by atoms with Gasteiger partial charge in [-0.05, 0) is 0 Å². The van der Waals surface area contributed by atoms with E-state index in [9.17, 15) is 17.7 Å². The maximum atomic E-state index is 12.1. The Morgan fingerprint density at radius 3 is 2.29 bits per heavy atom. The Morgan fingerprint density at radius 2 is 1.86 bits per heavy atom. The second-order valence-electron chi connectivity index (χ2n) is 2.94. The van der Waals surface area contributed by atoms with Gasteiger partial charge >= 0.3 is 6.98 Å². The molecule has 0 N–H and O–H groups in total. The van der Waals surface area contributed by atoms with Crippen LogP contribution in [0.2, 0.25) is 0 Å². The zero-order valence-corrected chi connectivity index (χ0v) is 7.29. The van der Waals surface area contributed by atoms with Gasteiger partial charge < -0.3 is 17.5 Å². The number of allylic oxidation sites excluding steroid dienone is 1. The molecule has 0 amide bonds. The van der Waals surface area contributed by atoms with Crippen molar-refractivity contribution in [3.05, 3.63) is 46.8 Å². The molecule has 2 nitrogen and oxygen atoms in total. The molecule has 0 fully saturated rings. The lowest BCUT2D eigenvalue weighted by Crippen LogP contribution is -2.22. The van der Waals surface area contributed by atoms with Crippen LogP contribution in [-0.2, 0) is 6.54 Å². The standard InChI is InChI=1S/C8H8BF3NO/c1-7(9(10,11)12)6-13-4-2-8(14)3-5-13/h2-5H,1,6H2/q-1. The summed E-state index contributed by atoms with van der Waals surface area (Å²) >= 11 is 0. The minimum atomic E-state index is -5.00. The highest BCUT2D eigenvalue weighted by molar-refractivity contribution is 6.66. The van der Waals surface area contributed by atoms with Gasteiger partial charge in [-0.15, -0.1) is 12.1 Å². The predicted octanol–water partition coefficient (Wildman–Crippen LogP) is 1.79. The van der Waals surface area contributed by atoms with Crippen LogP contribution in [0.1, 0.15) is 0 Å². The van der Waals surface area contributed by atoms with E-state index in [1.807, 2.05) is 0 Å². The predicted molar refractivity (Wildman–Crippen MR) is 48.9 cm³/mol. The van der Waals surface area contributed by atoms with E-state index in [2.05, 4.69) is 6.58 Å². The lowest BCUT2D eigenvalue weighted by molar-refractivity contribution is 0.482. The first-order chi connectivity index (χ1) is 6.39. The second-order valence-corrected chi connectivity index (χ2v) is 2.94. The van der Waals surface area contributed by atoms with Crippen LogP contribution in [0.15, 0.2) is 41.4 Å². The summed E-state index contributed by atoms with van der Waals surface area (Å²) in [5.41, 5.74) is -1.02. The average Bonchev–Trinajstić information content (AvgIpc) is 2.07. The van der Waals surface area contributed by atoms with Gasteiger partial charge in [-0.25, -0.2) is 0 Å². The van der Waals surface area contributed by atoms with Crippen LogP contribution in [0.4, 0.5) is 12.9 Å². The van der Waals surface area contributed by atoms with Gasteiger partial charge in [-0.1, -0.05) is 0 Å². The third-order valence-corrected chi connectivity index (χ3v) is 1.71. The molecule has 0 radical (unpaired) electrons. The van der Waals surface area contributed by atoms with Crippen LogP contribution in [0, 0.1) is 0 Å². The Balaban J connectivity index is 2.75. The van der Waals surface area contributed by atoms with Crippen molar-refractivity contribution in [3.63, 3.8) is 0 Å². The van der Waals surface area contributed by atoms with Crippen LogP contribution in [0.25, 0.3) is 0 Å². The summed E-state index contributed by atoms with van der Waals surface area (Å²) < 4.78 is 37.6. The number of aromatic nitrogens is 1. The van der Waals surface area contributed by atoms with Gasteiger partial charge in [0.1, 0.15) is 0 Å². The van der Waals surface area contributed by atoms with Crippen molar-refractivity contribution in [2.24, 2.45) is 0 Å². The van der Waals surface area contributed by atoms with E-state index in [-0.39, 0.29) is 12.0 Å². The largest absolute Gasteiger partial charge is 0.506 e. The number of nitrogens with zero attached hydrogens (tertiary/aromatic N) is 1. The lowest BCUT2D eigenvalue weighted by atomic mass is 9.80. The van der Waals surface area contributed by atoms with Crippen molar-refractivity contribution < 1.29 is 12.9 Å². The van der Waals surface area contributed by atoms with E-state index < -0.39 is 12.4 Å². The molecule has 1 aromatic rings. The first kappa shape index (κ1) is 10.6. The van der Waals surface area contributed by atoms with Crippen LogP contribution >= 0.6 is 0 Å². The van der Waals surface area contributed by atoms with E-state index in [0.29, 0.717) is 0 Å². The monoisotopic (exact) mass is 202 g/mol. The van der Waals surface area contributed by atoms with Gasteiger partial charge in [0, 0.05) is 31.1 Å². The fourth-order valence-electron chi connectivity index (χ4n) is 0.887. The maximum absolute atomic E-state index is 12.1. The van der Waals surface area contributed by atoms with Crippen molar-refractivity contribution in [2.75, 3.05) is 0 Å². The Hall–Kier alpha value is -1.46. The van der Waals surface area contributed by atoms with E-state index in [0.717, 1.165) is 0 Å². The van der Waals surface area contributed by atoms with Crippen LogP contribution in [0.5, 0.6) is 0 Å². The number of hydrogen-bond donors (Lipinski definition) is 0. The molecule has 1 heterocycles. The summed E-state index contributed by atoms with van der Waals surface area (Å²) in [5, 5.41) is 0. The molecule has 76 valence electrons. The summed E-state index contributed by atoms with van der Waals surface area (Å²) in [4.78, 5) is 10.7. The van der Waals surface area contributed by atoms with Crippen molar-refractivity contribution in [1.82, 2.24) is 4.57 Å². The third kappa shape index (κ3) is 2.79. The summed E-state index contributed by atoms with van der Waals surface area (Å²) in [6, 6.07) is 2.41. The van der Waals surface area contributed by atoms with Gasteiger partial charge in [0.05, 0.1) is 0 Å². The molecule has 0 aromatic carbocycles. The first-order valence-electron chi connectivity index (χ1n) is 3.93. The number of pyridine rings is 1. The van der Waals surface area contributed by atoms with Crippen molar-refractivity contribution in [3.8, 4) is 0 Å². The highest BCUT2D eigenvalue weighted by Crippen LogP contribution is 2.19. The van der Waals surface area contributed by atoms with Crippen molar-refractivity contribution >= 4 is 6.98 Å². The fraction of sp³-hybridized carbons (Fsp3) is 0.125. The molecule has 0 saturated heterocycles. The smallest absolute Gasteiger partial charge is 0.445 e. The minimum absolute atomic E-state index is 0.232. The molecular weight excluding hydrogens is 194 g/mol. The highest BCUT2D eigenvalue weighted by Gasteiger charge is 2.26. The molecule has 0 aliphatic rings. The Kier molecular flexibility index (Phi) is 2.83. The van der Waals surface area contributed by atoms with E-state index in [4.69, 9.17) is 0 Å². The quantitative estimate of drug-likeness (QED) is 0.684. The molecule has 0 bridgehead atoms. The van der Waals surface area contributed by atoms with Gasteiger partial charge in [-0.2, -0.15) is 0 Å². The highest BCUT2D eigenvalue weighted by atomic mass is 19.4. The summed E-state index contributed by atoms with van der Waals surface area (Å²) in [6.07, 6.45) is 2.60. The van der Waals surface area contributed by atoms with Crippen molar-refractivity contribution in [1.29, 1.82) is 0 Å². The van der Waals surface area contributed by atoms with E-state index in [1.54, 1.807) is 0 Å². The zero-order valence-electron chi connectivity index (χ0n) is 7.29. The molecule has 0 aliphatic heterocycles. The topological polar surface area (TPSA) is 22.0 Å². The lowest BCUT2D eigenvalue weighted by Gasteiger charge is -2.18. The molecule has 6 heteroatoms. The molecule has 0 atom stereocenters. The molecule has 0 aliphatic carbocycles. The first-order valence-corrected chi connectivity index (χ1v) is 3.93. The Bertz CT molecular complexity index is 376. The molecule has 14 heavy (non-hydrogen) atoms. The Labute approximate surface area is 78.7 Å². The number of halogens is 3. The third-order valence-electron chi connectivity index (χ3n) is 1.71. The van der Waals surface area contributed by atoms with Gasteiger partial charge in [0.15, 0.2) is 5.43 Å². The molecule has 0 saturated carbocycles. The summed E-state index contributed by atoms with van der Waals surface area (Å²) in [7, 11) is 0. The van der Waals surface area contributed by atoms with E-state index >= 15 is 0 Å². The summed E-state index contributed by atoms with van der Waals surface area (Å²) in [5.74, 6) is 0. The van der Waals surface area contributed by atoms with Gasteiger partial charge in [0.25, 0.3) is 0 Å². The molecule has 1 rings (SSSR count). The Morgan fingerprint density at radius 1 is 1.36 bits per heavy atom. The second kappa shape index (κ2) is 3.73. The number of hydrogen-bond acceptors (Lipinski definition) is 1. The van der Waals surface area contributed by atoms with Gasteiger partial charge in [0.2, 0.25) is 0 Å².